The summed E-state index contributed by atoms with van der Waals surface area (Å²) in [6.45, 7) is 11.0. The molecule has 1 atom stereocenters. The van der Waals surface area contributed by atoms with Gasteiger partial charge in [0.05, 0.1) is 13.2 Å². The third-order valence-electron chi connectivity index (χ3n) is 6.65. The molecule has 34 heavy (non-hydrogen) atoms. The maximum atomic E-state index is 13.3. The van der Waals surface area contributed by atoms with Crippen LogP contribution in [0.5, 0.6) is 5.75 Å². The fourth-order valence-electron chi connectivity index (χ4n) is 4.54. The number of nitrogens with zero attached hydrogens (tertiary/aromatic N) is 3. The average molecular weight is 473 g/mol. The van der Waals surface area contributed by atoms with E-state index in [9.17, 15) is 14.4 Å². The topological polar surface area (TPSA) is 82.2 Å². The average Bonchev–Trinajstić information content (AvgIpc) is 3.13. The van der Waals surface area contributed by atoms with Crippen molar-refractivity contribution in [3.8, 4) is 5.75 Å². The van der Waals surface area contributed by atoms with Crippen LogP contribution in [0.25, 0.3) is 0 Å². The molecule has 3 rings (SSSR count). The van der Waals surface area contributed by atoms with Crippen molar-refractivity contribution in [2.24, 2.45) is 5.92 Å². The number of likely N-dealkylation sites (tertiary alicyclic amines) is 1. The van der Waals surface area contributed by atoms with Crippen LogP contribution >= 0.6 is 0 Å². The number of ether oxygens (including phenoxy) is 1. The smallest absolute Gasteiger partial charge is 0.251 e. The fourth-order valence-corrected chi connectivity index (χ4v) is 4.54. The van der Waals surface area contributed by atoms with E-state index >= 15 is 0 Å². The highest BCUT2D eigenvalue weighted by molar-refractivity contribution is 5.97. The van der Waals surface area contributed by atoms with Gasteiger partial charge in [-0.1, -0.05) is 26.7 Å². The van der Waals surface area contributed by atoms with Gasteiger partial charge in [-0.2, -0.15) is 0 Å². The second-order valence-corrected chi connectivity index (χ2v) is 9.55. The molecule has 0 unspecified atom stereocenters. The molecule has 3 amide bonds. The quantitative estimate of drug-likeness (QED) is 0.628. The van der Waals surface area contributed by atoms with Crippen LogP contribution in [0.15, 0.2) is 24.3 Å². The largest absolute Gasteiger partial charge is 0.494 e. The first-order valence-corrected chi connectivity index (χ1v) is 12.7. The van der Waals surface area contributed by atoms with E-state index in [1.807, 2.05) is 30.6 Å². The van der Waals surface area contributed by atoms with Gasteiger partial charge in [0.25, 0.3) is 5.91 Å². The van der Waals surface area contributed by atoms with E-state index in [-0.39, 0.29) is 23.6 Å². The van der Waals surface area contributed by atoms with Gasteiger partial charge in [0, 0.05) is 44.8 Å². The van der Waals surface area contributed by atoms with Crippen LogP contribution in [0.3, 0.4) is 0 Å². The number of carbonyl (C=O) groups excluding carboxylic acids is 3. The van der Waals surface area contributed by atoms with Crippen molar-refractivity contribution < 1.29 is 19.1 Å². The van der Waals surface area contributed by atoms with Gasteiger partial charge in [0.1, 0.15) is 11.8 Å². The summed E-state index contributed by atoms with van der Waals surface area (Å²) < 4.78 is 5.43. The fraction of sp³-hybridized carbons (Fsp3) is 0.654. The Bertz CT molecular complexity index is 811. The lowest BCUT2D eigenvalue weighted by Crippen LogP contribution is -2.57. The van der Waals surface area contributed by atoms with Crippen LogP contribution in [0.4, 0.5) is 0 Å². The zero-order valence-corrected chi connectivity index (χ0v) is 20.9. The Balaban J connectivity index is 1.51. The van der Waals surface area contributed by atoms with Crippen LogP contribution in [0, 0.1) is 5.92 Å². The summed E-state index contributed by atoms with van der Waals surface area (Å²) in [5.41, 5.74) is 0.499. The molecular formula is C26H40N4O4. The Kier molecular flexibility index (Phi) is 9.74. The third-order valence-corrected chi connectivity index (χ3v) is 6.65. The lowest BCUT2D eigenvalue weighted by molar-refractivity contribution is -0.137. The van der Waals surface area contributed by atoms with E-state index in [1.165, 1.54) is 12.8 Å². The van der Waals surface area contributed by atoms with E-state index in [0.717, 1.165) is 25.9 Å². The molecule has 1 aromatic rings. The van der Waals surface area contributed by atoms with Crippen LogP contribution in [0.1, 0.15) is 56.8 Å². The second-order valence-electron chi connectivity index (χ2n) is 9.55. The minimum atomic E-state index is -0.593. The van der Waals surface area contributed by atoms with Crippen LogP contribution in [-0.4, -0.2) is 90.9 Å². The zero-order valence-electron chi connectivity index (χ0n) is 20.9. The van der Waals surface area contributed by atoms with E-state index in [2.05, 4.69) is 10.2 Å². The maximum absolute atomic E-state index is 13.3. The molecule has 2 saturated heterocycles. The van der Waals surface area contributed by atoms with E-state index in [0.29, 0.717) is 50.6 Å². The van der Waals surface area contributed by atoms with Crippen molar-refractivity contribution in [2.45, 2.75) is 52.5 Å². The molecular weight excluding hydrogens is 432 g/mol. The van der Waals surface area contributed by atoms with E-state index in [4.69, 9.17) is 4.74 Å². The monoisotopic (exact) mass is 472 g/mol. The highest BCUT2D eigenvalue weighted by atomic mass is 16.5. The van der Waals surface area contributed by atoms with Crippen molar-refractivity contribution in [3.63, 3.8) is 0 Å². The second kappa shape index (κ2) is 12.7. The third kappa shape index (κ3) is 7.19. The van der Waals surface area contributed by atoms with Crippen molar-refractivity contribution in [1.29, 1.82) is 0 Å². The number of hydrogen-bond acceptors (Lipinski definition) is 5. The summed E-state index contributed by atoms with van der Waals surface area (Å²) in [6, 6.07) is 6.35. The Labute approximate surface area is 203 Å². The Hall–Kier alpha value is -2.61. The maximum Gasteiger partial charge on any atom is 0.251 e. The molecule has 0 radical (unpaired) electrons. The lowest BCUT2D eigenvalue weighted by Gasteiger charge is -2.37. The Morgan fingerprint density at radius 1 is 0.882 bits per heavy atom. The minimum absolute atomic E-state index is 0.0400. The number of carbonyl (C=O) groups is 3. The van der Waals surface area contributed by atoms with Crippen molar-refractivity contribution >= 4 is 17.7 Å². The van der Waals surface area contributed by atoms with Gasteiger partial charge in [0.2, 0.25) is 11.8 Å². The lowest BCUT2D eigenvalue weighted by atomic mass is 10.0. The summed E-state index contributed by atoms with van der Waals surface area (Å²) in [5.74, 6) is 0.540. The molecule has 2 aliphatic rings. The molecule has 0 saturated carbocycles. The number of piperazine rings is 1. The first-order chi connectivity index (χ1) is 16.4. The molecule has 0 aliphatic carbocycles. The summed E-state index contributed by atoms with van der Waals surface area (Å²) in [6.07, 6.45) is 4.59. The molecule has 1 N–H and O–H groups in total. The SMILES string of the molecule is CCOc1ccc(C(=O)N[C@H](C(=O)N2CCN(CC(=O)N3CCCCCC3)CC2)C(C)C)cc1. The summed E-state index contributed by atoms with van der Waals surface area (Å²) >= 11 is 0. The molecule has 1 aromatic carbocycles. The molecule has 0 bridgehead atoms. The van der Waals surface area contributed by atoms with Gasteiger partial charge in [-0.25, -0.2) is 0 Å². The predicted molar refractivity (Wildman–Crippen MR) is 132 cm³/mol. The summed E-state index contributed by atoms with van der Waals surface area (Å²) in [5, 5.41) is 2.93. The molecule has 8 nitrogen and oxygen atoms in total. The number of hydrogen-bond donors (Lipinski definition) is 1. The number of rotatable bonds is 8. The van der Waals surface area contributed by atoms with Crippen LogP contribution in [-0.2, 0) is 9.59 Å². The first kappa shape index (κ1) is 26.0. The van der Waals surface area contributed by atoms with Gasteiger partial charge in [0.15, 0.2) is 0 Å². The van der Waals surface area contributed by atoms with Crippen LogP contribution < -0.4 is 10.1 Å². The van der Waals surface area contributed by atoms with Gasteiger partial charge in [-0.05, 0) is 49.9 Å². The highest BCUT2D eigenvalue weighted by Gasteiger charge is 2.31. The molecule has 2 heterocycles. The van der Waals surface area contributed by atoms with Crippen molar-refractivity contribution in [1.82, 2.24) is 20.0 Å². The minimum Gasteiger partial charge on any atom is -0.494 e. The van der Waals surface area contributed by atoms with Gasteiger partial charge >= 0.3 is 0 Å². The Morgan fingerprint density at radius 2 is 1.50 bits per heavy atom. The molecule has 2 aliphatic heterocycles. The number of benzene rings is 1. The first-order valence-electron chi connectivity index (χ1n) is 12.7. The predicted octanol–water partition coefficient (Wildman–Crippen LogP) is 2.39. The van der Waals surface area contributed by atoms with Gasteiger partial charge in [-0.3, -0.25) is 19.3 Å². The number of nitrogens with one attached hydrogen (secondary N) is 1. The summed E-state index contributed by atoms with van der Waals surface area (Å²) in [4.78, 5) is 44.7. The van der Waals surface area contributed by atoms with Gasteiger partial charge < -0.3 is 19.9 Å². The molecule has 8 heteroatoms. The standard InChI is InChI=1S/C26H40N4O4/c1-4-34-22-11-9-21(10-12-22)25(32)27-24(20(2)3)26(33)30-17-15-28(16-18-30)19-23(31)29-13-7-5-6-8-14-29/h9-12,20,24H,4-8,13-19H2,1-3H3,(H,27,32)/t24-/m0/s1. The normalized spacial score (nSPS) is 18.4. The molecule has 188 valence electrons. The van der Waals surface area contributed by atoms with Crippen molar-refractivity contribution in [2.75, 3.05) is 52.4 Å². The van der Waals surface area contributed by atoms with E-state index in [1.54, 1.807) is 24.3 Å². The molecule has 0 aromatic heterocycles. The van der Waals surface area contributed by atoms with Crippen LogP contribution in [0.2, 0.25) is 0 Å². The Morgan fingerprint density at radius 3 is 2.06 bits per heavy atom. The molecule has 2 fully saturated rings. The van der Waals surface area contributed by atoms with Gasteiger partial charge in [-0.15, -0.1) is 0 Å². The van der Waals surface area contributed by atoms with E-state index < -0.39 is 6.04 Å². The number of amides is 3. The highest BCUT2D eigenvalue weighted by Crippen LogP contribution is 2.15. The molecule has 0 spiro atoms. The zero-order chi connectivity index (χ0) is 24.5. The van der Waals surface area contributed by atoms with Crippen molar-refractivity contribution in [3.05, 3.63) is 29.8 Å². The summed E-state index contributed by atoms with van der Waals surface area (Å²) in [7, 11) is 0.